The van der Waals surface area contributed by atoms with E-state index in [1.165, 1.54) is 20.0 Å². The predicted octanol–water partition coefficient (Wildman–Crippen LogP) is 0.560. The molecule has 15 heavy (non-hydrogen) atoms. The molecule has 1 unspecified atom stereocenters. The first kappa shape index (κ1) is 14.7. The summed E-state index contributed by atoms with van der Waals surface area (Å²) in [6, 6.07) is 0. The fourth-order valence-corrected chi connectivity index (χ4v) is 1.76. The third-order valence-corrected chi connectivity index (χ3v) is 2.67. The first-order valence-corrected chi connectivity index (χ1v) is 5.13. The van der Waals surface area contributed by atoms with Gasteiger partial charge in [0.1, 0.15) is 6.61 Å². The summed E-state index contributed by atoms with van der Waals surface area (Å²) in [4.78, 5) is 11.2. The maximum atomic E-state index is 11.2. The van der Waals surface area contributed by atoms with E-state index in [4.69, 9.17) is 4.74 Å². The Hall–Kier alpha value is -0.320. The molecule has 0 aromatic carbocycles. The Labute approximate surface area is 97.5 Å². The third-order valence-electron chi connectivity index (χ3n) is 2.67. The van der Waals surface area contributed by atoms with Crippen LogP contribution in [0.5, 0.6) is 0 Å². The van der Waals surface area contributed by atoms with Gasteiger partial charge in [0.2, 0.25) is 5.91 Å². The largest absolute Gasteiger partial charge is 0.375 e. The van der Waals surface area contributed by atoms with Gasteiger partial charge in [0.05, 0.1) is 0 Å². The number of nitrogens with one attached hydrogen (secondary N) is 2. The molecule has 2 N–H and O–H groups in total. The number of piperidine rings is 1. The molecular formula is C10H21ClN2O2. The fraction of sp³-hybridized carbons (Fsp3) is 0.900. The van der Waals surface area contributed by atoms with Crippen LogP contribution in [0.3, 0.4) is 0 Å². The van der Waals surface area contributed by atoms with E-state index in [-0.39, 0.29) is 30.3 Å². The van der Waals surface area contributed by atoms with Gasteiger partial charge < -0.3 is 15.4 Å². The first-order chi connectivity index (χ1) is 6.66. The summed E-state index contributed by atoms with van der Waals surface area (Å²) in [6.45, 7) is 5.18. The van der Waals surface area contributed by atoms with Gasteiger partial charge in [-0.2, -0.15) is 0 Å². The van der Waals surface area contributed by atoms with Crippen LogP contribution in [0.2, 0.25) is 0 Å². The van der Waals surface area contributed by atoms with Gasteiger partial charge in [-0.25, -0.2) is 0 Å². The quantitative estimate of drug-likeness (QED) is 0.750. The van der Waals surface area contributed by atoms with E-state index < -0.39 is 0 Å². The highest BCUT2D eigenvalue weighted by atomic mass is 35.5. The highest BCUT2D eigenvalue weighted by Gasteiger charge is 2.26. The normalized spacial score (nSPS) is 25.5. The number of methoxy groups -OCH3 is 1. The molecule has 90 valence electrons. The Balaban J connectivity index is 0.00000196. The summed E-state index contributed by atoms with van der Waals surface area (Å²) in [5, 5.41) is 6.24. The van der Waals surface area contributed by atoms with Crippen LogP contribution in [0.4, 0.5) is 0 Å². The zero-order chi connectivity index (χ0) is 10.4. The van der Waals surface area contributed by atoms with E-state index in [1.807, 2.05) is 0 Å². The molecule has 0 saturated carbocycles. The minimum atomic E-state index is -0.0284. The highest BCUT2D eigenvalue weighted by Crippen LogP contribution is 2.23. The minimum Gasteiger partial charge on any atom is -0.375 e. The molecular weight excluding hydrogens is 216 g/mol. The SMILES string of the molecule is COCC(=O)NCC1(C)CCCNC1.Cl. The molecule has 0 aromatic rings. The monoisotopic (exact) mass is 236 g/mol. The third kappa shape index (κ3) is 5.35. The lowest BCUT2D eigenvalue weighted by Crippen LogP contribution is -2.46. The first-order valence-electron chi connectivity index (χ1n) is 5.13. The van der Waals surface area contributed by atoms with E-state index in [0.29, 0.717) is 0 Å². The Bertz CT molecular complexity index is 194. The minimum absolute atomic E-state index is 0. The van der Waals surface area contributed by atoms with Gasteiger partial charge in [-0.3, -0.25) is 4.79 Å². The second-order valence-corrected chi connectivity index (χ2v) is 4.30. The van der Waals surface area contributed by atoms with Crippen molar-refractivity contribution in [3.8, 4) is 0 Å². The number of carbonyl (C=O) groups excluding carboxylic acids is 1. The van der Waals surface area contributed by atoms with Crippen molar-refractivity contribution in [3.63, 3.8) is 0 Å². The zero-order valence-corrected chi connectivity index (χ0v) is 10.3. The van der Waals surface area contributed by atoms with Gasteiger partial charge in [0, 0.05) is 20.2 Å². The summed E-state index contributed by atoms with van der Waals surface area (Å²) in [6.07, 6.45) is 2.36. The average Bonchev–Trinajstić information content (AvgIpc) is 2.17. The molecule has 1 aliphatic rings. The molecule has 0 aliphatic carbocycles. The summed E-state index contributed by atoms with van der Waals surface area (Å²) in [7, 11) is 1.53. The molecule has 1 aliphatic heterocycles. The number of rotatable bonds is 4. The smallest absolute Gasteiger partial charge is 0.246 e. The van der Waals surface area contributed by atoms with Crippen LogP contribution in [-0.4, -0.2) is 39.3 Å². The van der Waals surface area contributed by atoms with E-state index in [9.17, 15) is 4.79 Å². The molecule has 1 amide bonds. The van der Waals surface area contributed by atoms with Gasteiger partial charge in [-0.15, -0.1) is 12.4 Å². The Morgan fingerprint density at radius 2 is 2.33 bits per heavy atom. The number of amides is 1. The maximum absolute atomic E-state index is 11.2. The molecule has 4 nitrogen and oxygen atoms in total. The van der Waals surface area contributed by atoms with Crippen molar-refractivity contribution in [3.05, 3.63) is 0 Å². The average molecular weight is 237 g/mol. The van der Waals surface area contributed by atoms with E-state index in [2.05, 4.69) is 17.6 Å². The summed E-state index contributed by atoms with van der Waals surface area (Å²) >= 11 is 0. The lowest BCUT2D eigenvalue weighted by atomic mass is 9.83. The van der Waals surface area contributed by atoms with Crippen molar-refractivity contribution in [2.75, 3.05) is 33.4 Å². The fourth-order valence-electron chi connectivity index (χ4n) is 1.76. The van der Waals surface area contributed by atoms with Crippen LogP contribution in [0.25, 0.3) is 0 Å². The number of halogens is 1. The molecule has 1 rings (SSSR count). The lowest BCUT2D eigenvalue weighted by molar-refractivity contribution is -0.125. The predicted molar refractivity (Wildman–Crippen MR) is 62.3 cm³/mol. The van der Waals surface area contributed by atoms with Crippen molar-refractivity contribution in [1.29, 1.82) is 0 Å². The van der Waals surface area contributed by atoms with Gasteiger partial charge >= 0.3 is 0 Å². The van der Waals surface area contributed by atoms with Crippen LogP contribution in [-0.2, 0) is 9.53 Å². The summed E-state index contributed by atoms with van der Waals surface area (Å²) < 4.78 is 4.75. The second-order valence-electron chi connectivity index (χ2n) is 4.30. The highest BCUT2D eigenvalue weighted by molar-refractivity contribution is 5.85. The van der Waals surface area contributed by atoms with Crippen LogP contribution in [0.15, 0.2) is 0 Å². The number of carbonyl (C=O) groups is 1. The van der Waals surface area contributed by atoms with Gasteiger partial charge in [0.25, 0.3) is 0 Å². The number of hydrogen-bond acceptors (Lipinski definition) is 3. The lowest BCUT2D eigenvalue weighted by Gasteiger charge is -2.34. The standard InChI is InChI=1S/C10H20N2O2.ClH/c1-10(4-3-5-11-7-10)8-12-9(13)6-14-2;/h11H,3-8H2,1-2H3,(H,12,13);1H. The molecule has 5 heteroatoms. The molecule has 1 atom stereocenters. The summed E-state index contributed by atoms with van der Waals surface area (Å²) in [5.41, 5.74) is 0.210. The van der Waals surface area contributed by atoms with Crippen LogP contribution >= 0.6 is 12.4 Å². The molecule has 0 radical (unpaired) electrons. The Kier molecular flexibility index (Phi) is 6.89. The van der Waals surface area contributed by atoms with Crippen molar-refractivity contribution < 1.29 is 9.53 Å². The molecule has 0 bridgehead atoms. The van der Waals surface area contributed by atoms with Crippen molar-refractivity contribution in [1.82, 2.24) is 10.6 Å². The molecule has 1 fully saturated rings. The molecule has 1 saturated heterocycles. The molecule has 0 spiro atoms. The second kappa shape index (κ2) is 7.04. The van der Waals surface area contributed by atoms with Crippen LogP contribution in [0, 0.1) is 5.41 Å². The van der Waals surface area contributed by atoms with Gasteiger partial charge in [0.15, 0.2) is 0 Å². The van der Waals surface area contributed by atoms with Gasteiger partial charge in [-0.05, 0) is 24.8 Å². The summed E-state index contributed by atoms with van der Waals surface area (Å²) in [5.74, 6) is -0.0284. The van der Waals surface area contributed by atoms with Crippen LogP contribution < -0.4 is 10.6 Å². The van der Waals surface area contributed by atoms with Crippen molar-refractivity contribution in [2.45, 2.75) is 19.8 Å². The van der Waals surface area contributed by atoms with Crippen LogP contribution in [0.1, 0.15) is 19.8 Å². The molecule has 1 heterocycles. The van der Waals surface area contributed by atoms with E-state index in [0.717, 1.165) is 19.6 Å². The van der Waals surface area contributed by atoms with Gasteiger partial charge in [-0.1, -0.05) is 6.92 Å². The maximum Gasteiger partial charge on any atom is 0.246 e. The van der Waals surface area contributed by atoms with Crippen molar-refractivity contribution >= 4 is 18.3 Å². The van der Waals surface area contributed by atoms with E-state index >= 15 is 0 Å². The number of ether oxygens (including phenoxy) is 1. The van der Waals surface area contributed by atoms with E-state index in [1.54, 1.807) is 0 Å². The topological polar surface area (TPSA) is 50.4 Å². The van der Waals surface area contributed by atoms with Crippen molar-refractivity contribution in [2.24, 2.45) is 5.41 Å². The Morgan fingerprint density at radius 1 is 1.60 bits per heavy atom. The zero-order valence-electron chi connectivity index (χ0n) is 9.47. The number of hydrogen-bond donors (Lipinski definition) is 2. The molecule has 0 aromatic heterocycles. The Morgan fingerprint density at radius 3 is 2.87 bits per heavy atom.